The van der Waals surface area contributed by atoms with Crippen molar-refractivity contribution in [3.63, 3.8) is 0 Å². The van der Waals surface area contributed by atoms with E-state index in [1.54, 1.807) is 0 Å². The van der Waals surface area contributed by atoms with E-state index in [4.69, 9.17) is 6.42 Å². The average molecular weight is 137 g/mol. The number of hydrogen-bond donors (Lipinski definition) is 1. The lowest BCUT2D eigenvalue weighted by Crippen LogP contribution is -2.45. The van der Waals surface area contributed by atoms with Crippen LogP contribution >= 0.6 is 0 Å². The van der Waals surface area contributed by atoms with Crippen molar-refractivity contribution in [2.24, 2.45) is 5.92 Å². The lowest BCUT2D eigenvalue weighted by Gasteiger charge is -2.34. The summed E-state index contributed by atoms with van der Waals surface area (Å²) in [5.41, 5.74) is 0.259. The minimum absolute atomic E-state index is 0.259. The molecule has 1 N–H and O–H groups in total. The minimum atomic E-state index is 0.259. The van der Waals surface area contributed by atoms with Crippen molar-refractivity contribution in [2.45, 2.75) is 32.2 Å². The number of terminal acetylenes is 1. The Morgan fingerprint density at radius 1 is 1.60 bits per heavy atom. The van der Waals surface area contributed by atoms with E-state index in [0.717, 1.165) is 19.4 Å². The normalized spacial score (nSPS) is 31.1. The van der Waals surface area contributed by atoms with Gasteiger partial charge in [-0.25, -0.2) is 0 Å². The largest absolute Gasteiger partial charge is 0.312 e. The fourth-order valence-corrected chi connectivity index (χ4v) is 1.52. The van der Waals surface area contributed by atoms with Gasteiger partial charge in [0.2, 0.25) is 0 Å². The van der Waals surface area contributed by atoms with Gasteiger partial charge in [0.25, 0.3) is 0 Å². The molecule has 1 aliphatic rings. The van der Waals surface area contributed by atoms with Crippen molar-refractivity contribution >= 4 is 0 Å². The van der Waals surface area contributed by atoms with Gasteiger partial charge in [-0.3, -0.25) is 0 Å². The molecule has 0 aromatic rings. The summed E-state index contributed by atoms with van der Waals surface area (Å²) in [6.07, 6.45) is 7.60. The third kappa shape index (κ3) is 1.75. The van der Waals surface area contributed by atoms with Crippen LogP contribution in [0.4, 0.5) is 0 Å². The van der Waals surface area contributed by atoms with Crippen LogP contribution in [-0.2, 0) is 0 Å². The SMILES string of the molecule is C#CC1CCNC(C)(C)C1. The molecule has 1 heteroatoms. The lowest BCUT2D eigenvalue weighted by atomic mass is 9.85. The van der Waals surface area contributed by atoms with Crippen LogP contribution in [0.15, 0.2) is 0 Å². The third-order valence-corrected chi connectivity index (χ3v) is 2.09. The molecule has 0 bridgehead atoms. The van der Waals surface area contributed by atoms with Gasteiger partial charge in [-0.05, 0) is 33.2 Å². The Morgan fingerprint density at radius 2 is 2.30 bits per heavy atom. The van der Waals surface area contributed by atoms with Gasteiger partial charge in [0, 0.05) is 11.5 Å². The number of nitrogens with one attached hydrogen (secondary N) is 1. The molecule has 0 aromatic carbocycles. The second-order valence-corrected chi connectivity index (χ2v) is 3.67. The molecule has 1 rings (SSSR count). The molecule has 1 saturated heterocycles. The van der Waals surface area contributed by atoms with Gasteiger partial charge < -0.3 is 5.32 Å². The molecule has 10 heavy (non-hydrogen) atoms. The highest BCUT2D eigenvalue weighted by Gasteiger charge is 2.25. The third-order valence-electron chi connectivity index (χ3n) is 2.09. The van der Waals surface area contributed by atoms with Gasteiger partial charge in [-0.2, -0.15) is 0 Å². The maximum Gasteiger partial charge on any atom is 0.0229 e. The van der Waals surface area contributed by atoms with Crippen LogP contribution in [0.25, 0.3) is 0 Å². The molecule has 0 spiro atoms. The highest BCUT2D eigenvalue weighted by atomic mass is 15.0. The maximum atomic E-state index is 5.35. The van der Waals surface area contributed by atoms with Gasteiger partial charge in [-0.15, -0.1) is 12.3 Å². The summed E-state index contributed by atoms with van der Waals surface area (Å²) in [5.74, 6) is 3.32. The zero-order valence-corrected chi connectivity index (χ0v) is 6.78. The molecule has 0 aromatic heterocycles. The van der Waals surface area contributed by atoms with Crippen molar-refractivity contribution in [3.05, 3.63) is 0 Å². The molecule has 1 fully saturated rings. The smallest absolute Gasteiger partial charge is 0.0229 e. The van der Waals surface area contributed by atoms with Crippen molar-refractivity contribution in [3.8, 4) is 12.3 Å². The summed E-state index contributed by atoms with van der Waals surface area (Å²) in [4.78, 5) is 0. The van der Waals surface area contributed by atoms with E-state index < -0.39 is 0 Å². The molecule has 1 atom stereocenters. The zero-order chi connectivity index (χ0) is 7.61. The van der Waals surface area contributed by atoms with E-state index in [-0.39, 0.29) is 5.54 Å². The summed E-state index contributed by atoms with van der Waals surface area (Å²) >= 11 is 0. The van der Waals surface area contributed by atoms with Gasteiger partial charge >= 0.3 is 0 Å². The Kier molecular flexibility index (Phi) is 2.01. The fourth-order valence-electron chi connectivity index (χ4n) is 1.52. The second kappa shape index (κ2) is 2.64. The van der Waals surface area contributed by atoms with E-state index in [1.165, 1.54) is 0 Å². The van der Waals surface area contributed by atoms with Crippen LogP contribution in [0.1, 0.15) is 26.7 Å². The number of piperidine rings is 1. The quantitative estimate of drug-likeness (QED) is 0.498. The Labute approximate surface area is 63.2 Å². The van der Waals surface area contributed by atoms with E-state index in [2.05, 4.69) is 25.1 Å². The molecule has 1 aliphatic heterocycles. The molecule has 56 valence electrons. The summed E-state index contributed by atoms with van der Waals surface area (Å²) < 4.78 is 0. The van der Waals surface area contributed by atoms with E-state index in [1.807, 2.05) is 0 Å². The summed E-state index contributed by atoms with van der Waals surface area (Å²) in [5, 5.41) is 3.43. The molecule has 0 radical (unpaired) electrons. The minimum Gasteiger partial charge on any atom is -0.312 e. The predicted octanol–water partition coefficient (Wildman–Crippen LogP) is 1.40. The van der Waals surface area contributed by atoms with Crippen LogP contribution in [0.2, 0.25) is 0 Å². The van der Waals surface area contributed by atoms with Crippen molar-refractivity contribution in [1.82, 2.24) is 5.32 Å². The first kappa shape index (κ1) is 7.63. The van der Waals surface area contributed by atoms with Crippen LogP contribution in [0.5, 0.6) is 0 Å². The predicted molar refractivity (Wildman–Crippen MR) is 43.6 cm³/mol. The zero-order valence-electron chi connectivity index (χ0n) is 6.78. The first-order valence-corrected chi connectivity index (χ1v) is 3.85. The Bertz CT molecular complexity index is 153. The molecule has 1 unspecified atom stereocenters. The first-order valence-electron chi connectivity index (χ1n) is 3.85. The van der Waals surface area contributed by atoms with Crippen molar-refractivity contribution in [1.29, 1.82) is 0 Å². The molecule has 0 saturated carbocycles. The number of hydrogen-bond acceptors (Lipinski definition) is 1. The topological polar surface area (TPSA) is 12.0 Å². The van der Waals surface area contributed by atoms with E-state index in [9.17, 15) is 0 Å². The van der Waals surface area contributed by atoms with E-state index in [0.29, 0.717) is 5.92 Å². The fraction of sp³-hybridized carbons (Fsp3) is 0.778. The van der Waals surface area contributed by atoms with Gasteiger partial charge in [-0.1, -0.05) is 0 Å². The molecular weight excluding hydrogens is 122 g/mol. The van der Waals surface area contributed by atoms with Crippen LogP contribution in [0, 0.1) is 18.3 Å². The average Bonchev–Trinajstić information content (AvgIpc) is 1.86. The van der Waals surface area contributed by atoms with E-state index >= 15 is 0 Å². The highest BCUT2D eigenvalue weighted by Crippen LogP contribution is 2.22. The van der Waals surface area contributed by atoms with Crippen molar-refractivity contribution in [2.75, 3.05) is 6.54 Å². The van der Waals surface area contributed by atoms with Crippen LogP contribution in [0.3, 0.4) is 0 Å². The molecule has 0 amide bonds. The van der Waals surface area contributed by atoms with Gasteiger partial charge in [0.05, 0.1) is 0 Å². The second-order valence-electron chi connectivity index (χ2n) is 3.67. The van der Waals surface area contributed by atoms with Crippen LogP contribution < -0.4 is 5.32 Å². The summed E-state index contributed by atoms with van der Waals surface area (Å²) in [6.45, 7) is 5.48. The van der Waals surface area contributed by atoms with Gasteiger partial charge in [0.1, 0.15) is 0 Å². The number of rotatable bonds is 0. The molecule has 1 heterocycles. The standard InChI is InChI=1S/C9H15N/c1-4-8-5-6-10-9(2,3)7-8/h1,8,10H,5-7H2,2-3H3. The molecular formula is C9H15N. The monoisotopic (exact) mass is 137 g/mol. The Morgan fingerprint density at radius 3 is 2.70 bits per heavy atom. The molecule has 1 nitrogen and oxygen atoms in total. The highest BCUT2D eigenvalue weighted by molar-refractivity contribution is 5.00. The maximum absolute atomic E-state index is 5.35. The Balaban J connectivity index is 2.49. The lowest BCUT2D eigenvalue weighted by molar-refractivity contribution is 0.266. The Hall–Kier alpha value is -0.480. The summed E-state index contributed by atoms with van der Waals surface area (Å²) in [7, 11) is 0. The summed E-state index contributed by atoms with van der Waals surface area (Å²) in [6, 6.07) is 0. The van der Waals surface area contributed by atoms with Crippen LogP contribution in [-0.4, -0.2) is 12.1 Å². The first-order chi connectivity index (χ1) is 4.64. The van der Waals surface area contributed by atoms with Gasteiger partial charge in [0.15, 0.2) is 0 Å². The van der Waals surface area contributed by atoms with Crippen molar-refractivity contribution < 1.29 is 0 Å². The molecule has 0 aliphatic carbocycles.